The van der Waals surface area contributed by atoms with E-state index in [9.17, 15) is 14.7 Å². The molecular formula is C32H37FN2O3. The number of carbonyl (C=O) groups excluding carboxylic acids is 1. The highest BCUT2D eigenvalue weighted by atomic mass is 19.1. The molecule has 0 saturated carbocycles. The summed E-state index contributed by atoms with van der Waals surface area (Å²) in [7, 11) is 0. The molecule has 2 aromatic carbocycles. The maximum Gasteiger partial charge on any atom is 0.407 e. The minimum Gasteiger partial charge on any atom is -0.465 e. The van der Waals surface area contributed by atoms with Crippen LogP contribution in [0.15, 0.2) is 66.3 Å². The van der Waals surface area contributed by atoms with Crippen molar-refractivity contribution in [2.24, 2.45) is 5.41 Å². The van der Waals surface area contributed by atoms with E-state index in [-0.39, 0.29) is 17.2 Å². The summed E-state index contributed by atoms with van der Waals surface area (Å²) < 4.78 is 15.8. The van der Waals surface area contributed by atoms with E-state index in [1.54, 1.807) is 6.08 Å². The molecule has 1 unspecified atom stereocenters. The number of rotatable bonds is 4. The minimum absolute atomic E-state index is 0.0717. The number of carboxylic acid groups (broad SMARTS) is 1. The minimum atomic E-state index is -1.46. The van der Waals surface area contributed by atoms with E-state index in [1.807, 2.05) is 42.5 Å². The molecule has 0 bridgehead atoms. The van der Waals surface area contributed by atoms with E-state index >= 15 is 4.39 Å². The van der Waals surface area contributed by atoms with Gasteiger partial charge in [0.2, 0.25) is 0 Å². The Kier molecular flexibility index (Phi) is 7.03. The average Bonchev–Trinajstić information content (AvgIpc) is 3.19. The number of nitrogens with zero attached hydrogens (tertiary/aromatic N) is 2. The van der Waals surface area contributed by atoms with Crippen LogP contribution in [0.1, 0.15) is 67.1 Å². The van der Waals surface area contributed by atoms with Gasteiger partial charge >= 0.3 is 6.09 Å². The highest BCUT2D eigenvalue weighted by molar-refractivity contribution is 6.13. The smallest absolute Gasteiger partial charge is 0.407 e. The summed E-state index contributed by atoms with van der Waals surface area (Å²) in [5.74, 6) is -0.0717. The molecule has 1 atom stereocenters. The Balaban J connectivity index is 1.29. The molecule has 1 N–H and O–H groups in total. The van der Waals surface area contributed by atoms with Gasteiger partial charge in [0.1, 0.15) is 5.67 Å². The van der Waals surface area contributed by atoms with Crippen LogP contribution in [0.5, 0.6) is 0 Å². The van der Waals surface area contributed by atoms with E-state index < -0.39 is 11.8 Å². The van der Waals surface area contributed by atoms with Gasteiger partial charge in [-0.1, -0.05) is 75.4 Å². The van der Waals surface area contributed by atoms with Crippen molar-refractivity contribution in [2.45, 2.75) is 64.7 Å². The highest BCUT2D eigenvalue weighted by Crippen LogP contribution is 2.39. The number of benzene rings is 2. The zero-order valence-corrected chi connectivity index (χ0v) is 22.5. The van der Waals surface area contributed by atoms with Crippen LogP contribution >= 0.6 is 0 Å². The molecule has 1 aliphatic carbocycles. The van der Waals surface area contributed by atoms with Crippen molar-refractivity contribution in [1.29, 1.82) is 0 Å². The molecule has 38 heavy (non-hydrogen) atoms. The van der Waals surface area contributed by atoms with Crippen LogP contribution in [0.2, 0.25) is 0 Å². The first-order chi connectivity index (χ1) is 18.0. The molecule has 6 heteroatoms. The molecule has 1 saturated heterocycles. The third kappa shape index (κ3) is 5.46. The van der Waals surface area contributed by atoms with E-state index in [0.717, 1.165) is 23.2 Å². The number of fused-ring (bicyclic) bond motifs is 1. The first-order valence-electron chi connectivity index (χ1n) is 13.6. The second-order valence-electron chi connectivity index (χ2n) is 12.1. The summed E-state index contributed by atoms with van der Waals surface area (Å²) in [5, 5.41) is 9.67. The Hall–Kier alpha value is -3.25. The summed E-state index contributed by atoms with van der Waals surface area (Å²) in [6, 6.07) is 16.0. The number of ketones is 1. The van der Waals surface area contributed by atoms with Gasteiger partial charge in [-0.15, -0.1) is 0 Å². The SMILES string of the molecule is CC(C)(C)C1CC(c2ccc3c(c2)CC(=CC2(F)CCN(Cc4ccccc4)CC2)C3=O)=CCN1C(=O)O. The third-order valence-corrected chi connectivity index (χ3v) is 8.33. The lowest BCUT2D eigenvalue weighted by atomic mass is 9.79. The second kappa shape index (κ2) is 10.1. The highest BCUT2D eigenvalue weighted by Gasteiger charge is 2.38. The van der Waals surface area contributed by atoms with Crippen LogP contribution in [-0.2, 0) is 13.0 Å². The van der Waals surface area contributed by atoms with Gasteiger partial charge < -0.3 is 10.0 Å². The van der Waals surface area contributed by atoms with Crippen molar-refractivity contribution in [3.63, 3.8) is 0 Å². The van der Waals surface area contributed by atoms with Crippen LogP contribution in [0.3, 0.4) is 0 Å². The monoisotopic (exact) mass is 516 g/mol. The number of halogens is 1. The van der Waals surface area contributed by atoms with Crippen LogP contribution in [0.4, 0.5) is 9.18 Å². The summed E-state index contributed by atoms with van der Waals surface area (Å²) in [4.78, 5) is 28.7. The Morgan fingerprint density at radius 3 is 2.50 bits per heavy atom. The van der Waals surface area contributed by atoms with E-state index in [1.165, 1.54) is 10.5 Å². The number of amides is 1. The number of carbonyl (C=O) groups is 2. The van der Waals surface area contributed by atoms with E-state index in [4.69, 9.17) is 0 Å². The maximum absolute atomic E-state index is 15.8. The normalized spacial score (nSPS) is 22.9. The van der Waals surface area contributed by atoms with Crippen molar-refractivity contribution in [3.05, 3.63) is 88.5 Å². The van der Waals surface area contributed by atoms with Crippen LogP contribution in [-0.4, -0.2) is 58.1 Å². The molecule has 3 aliphatic rings. The second-order valence-corrected chi connectivity index (χ2v) is 12.1. The predicted molar refractivity (Wildman–Crippen MR) is 148 cm³/mol. The molecular weight excluding hydrogens is 479 g/mol. The van der Waals surface area contributed by atoms with Gasteiger partial charge in [-0.3, -0.25) is 9.69 Å². The van der Waals surface area contributed by atoms with Crippen molar-refractivity contribution < 1.29 is 19.1 Å². The van der Waals surface area contributed by atoms with Crippen molar-refractivity contribution in [1.82, 2.24) is 9.80 Å². The van der Waals surface area contributed by atoms with Crippen molar-refractivity contribution >= 4 is 17.4 Å². The van der Waals surface area contributed by atoms with Crippen LogP contribution < -0.4 is 0 Å². The lowest BCUT2D eigenvalue weighted by molar-refractivity contribution is 0.0884. The lowest BCUT2D eigenvalue weighted by Gasteiger charge is -2.41. The molecule has 0 aromatic heterocycles. The fraction of sp³-hybridized carbons (Fsp3) is 0.438. The summed E-state index contributed by atoms with van der Waals surface area (Å²) in [6.45, 7) is 8.68. The molecule has 2 aromatic rings. The molecule has 200 valence electrons. The quantitative estimate of drug-likeness (QED) is 0.469. The number of hydrogen-bond donors (Lipinski definition) is 1. The molecule has 1 fully saturated rings. The molecule has 2 heterocycles. The van der Waals surface area contributed by atoms with Gasteiger partial charge in [-0.2, -0.15) is 0 Å². The Bertz CT molecular complexity index is 1280. The maximum atomic E-state index is 15.8. The van der Waals surface area contributed by atoms with Gasteiger partial charge in [-0.25, -0.2) is 9.18 Å². The largest absolute Gasteiger partial charge is 0.465 e. The number of allylic oxidation sites excluding steroid dienone is 2. The Morgan fingerprint density at radius 1 is 1.13 bits per heavy atom. The molecule has 2 aliphatic heterocycles. The fourth-order valence-corrected chi connectivity index (χ4v) is 6.08. The zero-order chi connectivity index (χ0) is 27.1. The van der Waals surface area contributed by atoms with Crippen molar-refractivity contribution in [2.75, 3.05) is 19.6 Å². The number of piperidine rings is 1. The third-order valence-electron chi connectivity index (χ3n) is 8.33. The fourth-order valence-electron chi connectivity index (χ4n) is 6.08. The standard InChI is InChI=1S/C32H37FN2O3/c1-31(2,3)28-19-24(11-14-35(28)30(37)38)23-9-10-27-25(17-23)18-26(29(27)36)20-32(33)12-15-34(16-13-32)21-22-7-5-4-6-8-22/h4-11,17,20,28H,12-16,18-19,21H2,1-3H3,(H,37,38). The summed E-state index contributed by atoms with van der Waals surface area (Å²) in [5.41, 5.74) is 3.82. The van der Waals surface area contributed by atoms with Gasteiger partial charge in [0.05, 0.1) is 0 Å². The molecule has 5 rings (SSSR count). The van der Waals surface area contributed by atoms with Gasteiger partial charge in [-0.05, 0) is 53.0 Å². The molecule has 1 amide bonds. The summed E-state index contributed by atoms with van der Waals surface area (Å²) in [6.07, 6.45) is 4.52. The number of likely N-dealkylation sites (tertiary alicyclic amines) is 1. The zero-order valence-electron chi connectivity index (χ0n) is 22.5. The van der Waals surface area contributed by atoms with Crippen LogP contribution in [0, 0.1) is 5.41 Å². The number of alkyl halides is 1. The van der Waals surface area contributed by atoms with Gasteiger partial charge in [0.15, 0.2) is 5.78 Å². The van der Waals surface area contributed by atoms with E-state index in [0.29, 0.717) is 56.5 Å². The number of Topliss-reactive ketones (excluding diaryl/α,β-unsaturated/α-hetero) is 1. The molecule has 5 nitrogen and oxygen atoms in total. The molecule has 0 radical (unpaired) electrons. The first-order valence-corrected chi connectivity index (χ1v) is 13.6. The molecule has 0 spiro atoms. The van der Waals surface area contributed by atoms with Gasteiger partial charge in [0.25, 0.3) is 0 Å². The van der Waals surface area contributed by atoms with Crippen LogP contribution in [0.25, 0.3) is 5.57 Å². The lowest BCUT2D eigenvalue weighted by Crippen LogP contribution is -2.48. The van der Waals surface area contributed by atoms with E-state index in [2.05, 4.69) is 37.8 Å². The Labute approximate surface area is 224 Å². The van der Waals surface area contributed by atoms with Gasteiger partial charge in [0, 0.05) is 49.8 Å². The topological polar surface area (TPSA) is 60.9 Å². The van der Waals surface area contributed by atoms with Crippen molar-refractivity contribution in [3.8, 4) is 0 Å². The first kappa shape index (κ1) is 26.4. The average molecular weight is 517 g/mol. The Morgan fingerprint density at radius 2 is 1.84 bits per heavy atom. The summed E-state index contributed by atoms with van der Waals surface area (Å²) >= 11 is 0. The number of hydrogen-bond acceptors (Lipinski definition) is 3. The predicted octanol–water partition coefficient (Wildman–Crippen LogP) is 6.54.